The highest BCUT2D eigenvalue weighted by atomic mass is 16.5. The zero-order valence-electron chi connectivity index (χ0n) is 20.3. The first-order valence-corrected chi connectivity index (χ1v) is 12.2. The van der Waals surface area contributed by atoms with Crippen LogP contribution in [-0.4, -0.2) is 61.8 Å². The lowest BCUT2D eigenvalue weighted by atomic mass is 9.99. The number of nitrogens with zero attached hydrogens (tertiary/aromatic N) is 4. The minimum atomic E-state index is -1.80. The molecule has 1 saturated heterocycles. The normalized spacial score (nSPS) is 17.4. The van der Waals surface area contributed by atoms with Crippen molar-refractivity contribution in [1.29, 1.82) is 0 Å². The van der Waals surface area contributed by atoms with Crippen LogP contribution in [0.25, 0.3) is 5.82 Å². The first-order chi connectivity index (χ1) is 17.3. The van der Waals surface area contributed by atoms with E-state index in [2.05, 4.69) is 21.9 Å². The number of hydrogen-bond acceptors (Lipinski definition) is 7. The predicted octanol–water partition coefficient (Wildman–Crippen LogP) is 0.480. The molecule has 3 unspecified atom stereocenters. The summed E-state index contributed by atoms with van der Waals surface area (Å²) in [6.07, 6.45) is 3.73. The third-order valence-corrected chi connectivity index (χ3v) is 6.69. The molecule has 3 atom stereocenters. The number of hydroxylamine groups is 2. The number of hydrogen-bond donors (Lipinski definition) is 3. The van der Waals surface area contributed by atoms with Crippen LogP contribution in [0.15, 0.2) is 60.9 Å². The lowest BCUT2D eigenvalue weighted by molar-refractivity contribution is -0.792. The van der Waals surface area contributed by atoms with Gasteiger partial charge >= 0.3 is 5.91 Å². The summed E-state index contributed by atoms with van der Waals surface area (Å²) in [5.41, 5.74) is 6.87. The Morgan fingerprint density at radius 2 is 1.89 bits per heavy atom. The standard InChI is InChI=1S/C26H32N6O4/c1-18-9-13-30(14-10-18)17-20-11-15-31(29-20)25-21(8-5-12-28-25)26(35)32(36)22(23(33)24(27)34)16-19-6-3-2-4-7-19/h2-8,11-12,15,18,22-23,32-33H,9-10,13-14,16-17H2,1H3,(H2,27,34). The fourth-order valence-corrected chi connectivity index (χ4v) is 4.49. The van der Waals surface area contributed by atoms with Crippen molar-refractivity contribution in [3.05, 3.63) is 83.0 Å². The van der Waals surface area contributed by atoms with Crippen molar-refractivity contribution in [3.63, 3.8) is 0 Å². The van der Waals surface area contributed by atoms with Crippen molar-refractivity contribution < 1.29 is 19.8 Å². The molecule has 2 amide bonds. The molecule has 0 spiro atoms. The highest BCUT2D eigenvalue weighted by molar-refractivity contribution is 5.91. The lowest BCUT2D eigenvalue weighted by Gasteiger charge is -2.31. The first kappa shape index (κ1) is 25.6. The van der Waals surface area contributed by atoms with Crippen LogP contribution < -0.4 is 10.8 Å². The van der Waals surface area contributed by atoms with Crippen molar-refractivity contribution in [3.8, 4) is 5.82 Å². The third-order valence-electron chi connectivity index (χ3n) is 6.69. The molecule has 10 heteroatoms. The van der Waals surface area contributed by atoms with E-state index in [-0.39, 0.29) is 17.8 Å². The molecule has 0 radical (unpaired) electrons. The average Bonchev–Trinajstić information content (AvgIpc) is 3.36. The van der Waals surface area contributed by atoms with Gasteiger partial charge < -0.3 is 16.0 Å². The van der Waals surface area contributed by atoms with Crippen LogP contribution in [0.3, 0.4) is 0 Å². The van der Waals surface area contributed by atoms with Crippen LogP contribution in [-0.2, 0) is 17.8 Å². The molecule has 4 rings (SSSR count). The molecule has 1 fully saturated rings. The number of rotatable bonds is 9. The highest BCUT2D eigenvalue weighted by Gasteiger charge is 2.35. The quantitative estimate of drug-likeness (QED) is 0.369. The second kappa shape index (κ2) is 11.5. The summed E-state index contributed by atoms with van der Waals surface area (Å²) in [6, 6.07) is 12.5. The smallest absolute Gasteiger partial charge is 0.348 e. The zero-order chi connectivity index (χ0) is 25.7. The number of amides is 2. The van der Waals surface area contributed by atoms with Gasteiger partial charge in [0, 0.05) is 25.4 Å². The lowest BCUT2D eigenvalue weighted by Crippen LogP contribution is -3.16. The van der Waals surface area contributed by atoms with E-state index in [4.69, 9.17) is 5.73 Å². The van der Waals surface area contributed by atoms with Gasteiger partial charge in [-0.05, 0) is 55.6 Å². The number of quaternary nitrogens is 1. The van der Waals surface area contributed by atoms with Gasteiger partial charge in [-0.1, -0.05) is 37.3 Å². The van der Waals surface area contributed by atoms with Gasteiger partial charge in [0.05, 0.1) is 5.69 Å². The summed E-state index contributed by atoms with van der Waals surface area (Å²) < 4.78 is 1.49. The third kappa shape index (κ3) is 6.03. The van der Waals surface area contributed by atoms with Crippen LogP contribution in [0, 0.1) is 11.1 Å². The van der Waals surface area contributed by atoms with E-state index < -0.39 is 29.0 Å². The summed E-state index contributed by atoms with van der Waals surface area (Å²) in [5, 5.41) is 27.4. The Morgan fingerprint density at radius 1 is 1.17 bits per heavy atom. The molecule has 1 aliphatic heterocycles. The molecule has 190 valence electrons. The molecule has 2 aromatic heterocycles. The second-order valence-electron chi connectivity index (χ2n) is 9.42. The van der Waals surface area contributed by atoms with Gasteiger partial charge in [0.1, 0.15) is 11.6 Å². The fourth-order valence-electron chi connectivity index (χ4n) is 4.49. The number of nitrogens with two attached hydrogens (primary N) is 1. The zero-order valence-corrected chi connectivity index (χ0v) is 20.3. The minimum absolute atomic E-state index is 0.00845. The van der Waals surface area contributed by atoms with Crippen molar-refractivity contribution in [2.75, 3.05) is 13.1 Å². The number of aromatic nitrogens is 3. The maximum Gasteiger partial charge on any atom is 0.348 e. The number of aliphatic hydroxyl groups is 1. The molecule has 3 heterocycles. The Morgan fingerprint density at radius 3 is 2.58 bits per heavy atom. The summed E-state index contributed by atoms with van der Waals surface area (Å²) in [7, 11) is 0. The predicted molar refractivity (Wildman–Crippen MR) is 133 cm³/mol. The SMILES string of the molecule is CC1CCN(Cc2ccn(-c3ncccc3C(=O)[NH+]([O-])C(Cc3ccccc3)C(O)C(N)=O)n2)CC1. The van der Waals surface area contributed by atoms with Gasteiger partial charge in [-0.25, -0.2) is 14.5 Å². The molecule has 36 heavy (non-hydrogen) atoms. The van der Waals surface area contributed by atoms with Crippen LogP contribution in [0.4, 0.5) is 0 Å². The van der Waals surface area contributed by atoms with E-state index in [9.17, 15) is 19.9 Å². The molecular weight excluding hydrogens is 460 g/mol. The number of nitrogens with one attached hydrogen (secondary N) is 1. The molecule has 4 N–H and O–H groups in total. The average molecular weight is 493 g/mol. The van der Waals surface area contributed by atoms with Gasteiger partial charge in [0.2, 0.25) is 0 Å². The largest absolute Gasteiger partial charge is 0.626 e. The van der Waals surface area contributed by atoms with Crippen LogP contribution in [0.5, 0.6) is 0 Å². The van der Waals surface area contributed by atoms with Crippen LogP contribution in [0.1, 0.15) is 41.4 Å². The monoisotopic (exact) mass is 492 g/mol. The van der Waals surface area contributed by atoms with Gasteiger partial charge in [0.15, 0.2) is 11.9 Å². The number of carbonyl (C=O) groups is 2. The van der Waals surface area contributed by atoms with Crippen molar-refractivity contribution in [2.24, 2.45) is 11.7 Å². The maximum atomic E-state index is 13.3. The van der Waals surface area contributed by atoms with Gasteiger partial charge in [-0.2, -0.15) is 5.10 Å². The summed E-state index contributed by atoms with van der Waals surface area (Å²) in [4.78, 5) is 31.7. The Hall–Kier alpha value is -3.44. The van der Waals surface area contributed by atoms with Crippen molar-refractivity contribution in [2.45, 2.75) is 44.9 Å². The molecular formula is C26H32N6O4. The van der Waals surface area contributed by atoms with Gasteiger partial charge in [-0.3, -0.25) is 14.8 Å². The van der Waals surface area contributed by atoms with Gasteiger partial charge in [0.25, 0.3) is 5.91 Å². The van der Waals surface area contributed by atoms with E-state index in [0.29, 0.717) is 12.1 Å². The molecule has 3 aromatic rings. The summed E-state index contributed by atoms with van der Waals surface area (Å²) >= 11 is 0. The summed E-state index contributed by atoms with van der Waals surface area (Å²) in [6.45, 7) is 4.99. The first-order valence-electron chi connectivity index (χ1n) is 12.2. The molecule has 10 nitrogen and oxygen atoms in total. The van der Waals surface area contributed by atoms with E-state index in [1.54, 1.807) is 36.5 Å². The maximum absolute atomic E-state index is 13.3. The Labute approximate surface area is 209 Å². The Balaban J connectivity index is 1.56. The number of pyridine rings is 1. The van der Waals surface area contributed by atoms with Gasteiger partial charge in [-0.15, -0.1) is 0 Å². The number of carbonyl (C=O) groups excluding carboxylic acids is 2. The van der Waals surface area contributed by atoms with Crippen molar-refractivity contribution in [1.82, 2.24) is 19.7 Å². The van der Waals surface area contributed by atoms with Crippen LogP contribution in [0.2, 0.25) is 0 Å². The minimum Gasteiger partial charge on any atom is -0.626 e. The van der Waals surface area contributed by atoms with Crippen molar-refractivity contribution >= 4 is 11.8 Å². The topological polar surface area (TPSA) is 142 Å². The fraction of sp³-hybridized carbons (Fsp3) is 0.385. The molecule has 0 bridgehead atoms. The number of piperidine rings is 1. The number of benzene rings is 1. The number of likely N-dealkylation sites (tertiary alicyclic amines) is 1. The van der Waals surface area contributed by atoms with E-state index in [1.807, 2.05) is 12.1 Å². The molecule has 1 aliphatic rings. The second-order valence-corrected chi connectivity index (χ2v) is 9.42. The highest BCUT2D eigenvalue weighted by Crippen LogP contribution is 2.18. The number of primary amides is 1. The molecule has 0 aliphatic carbocycles. The Bertz CT molecular complexity index is 1180. The van der Waals surface area contributed by atoms with E-state index in [0.717, 1.165) is 37.5 Å². The number of aliphatic hydroxyl groups excluding tert-OH is 1. The molecule has 0 saturated carbocycles. The Kier molecular flexibility index (Phi) is 8.21. The summed E-state index contributed by atoms with van der Waals surface area (Å²) in [5.74, 6) is -0.979. The molecule has 1 aromatic carbocycles. The van der Waals surface area contributed by atoms with E-state index >= 15 is 0 Å². The van der Waals surface area contributed by atoms with Crippen LogP contribution >= 0.6 is 0 Å². The van der Waals surface area contributed by atoms with E-state index in [1.165, 1.54) is 16.9 Å².